The third-order valence-corrected chi connectivity index (χ3v) is 1.88. The molecule has 0 aliphatic rings. The Balaban J connectivity index is 0.000000337. The SMILES string of the molecule is OPO.c1ccc(-c2ccccc2)cc1. The molecule has 15 heavy (non-hydrogen) atoms. The monoisotopic (exact) mass is 220 g/mol. The summed E-state index contributed by atoms with van der Waals surface area (Å²) in [5.41, 5.74) is 2.55. The summed E-state index contributed by atoms with van der Waals surface area (Å²) in [4.78, 5) is 14.3. The number of benzene rings is 2. The molecule has 2 aromatic carbocycles. The van der Waals surface area contributed by atoms with E-state index in [0.717, 1.165) is 0 Å². The van der Waals surface area contributed by atoms with Gasteiger partial charge in [-0.25, -0.2) is 0 Å². The van der Waals surface area contributed by atoms with Gasteiger partial charge in [0.2, 0.25) is 0 Å². The molecular weight excluding hydrogens is 207 g/mol. The lowest BCUT2D eigenvalue weighted by molar-refractivity contribution is 0.513. The van der Waals surface area contributed by atoms with Gasteiger partial charge < -0.3 is 9.79 Å². The number of hydrogen-bond acceptors (Lipinski definition) is 2. The maximum Gasteiger partial charge on any atom is 0.149 e. The first-order valence-electron chi connectivity index (χ1n) is 4.52. The molecular formula is C12H13O2P. The molecule has 78 valence electrons. The molecule has 2 aromatic rings. The second-order valence-corrected chi connectivity index (χ2v) is 3.03. The summed E-state index contributed by atoms with van der Waals surface area (Å²) in [6.45, 7) is 0. The molecule has 0 amide bonds. The second kappa shape index (κ2) is 7.13. The summed E-state index contributed by atoms with van der Waals surface area (Å²) in [6, 6.07) is 20.8. The van der Waals surface area contributed by atoms with Crippen LogP contribution in [0.5, 0.6) is 0 Å². The first-order chi connectivity index (χ1) is 7.38. The van der Waals surface area contributed by atoms with Crippen molar-refractivity contribution in [2.24, 2.45) is 0 Å². The third-order valence-electron chi connectivity index (χ3n) is 1.88. The zero-order valence-electron chi connectivity index (χ0n) is 8.17. The molecule has 0 bridgehead atoms. The van der Waals surface area contributed by atoms with E-state index in [4.69, 9.17) is 9.79 Å². The lowest BCUT2D eigenvalue weighted by atomic mass is 10.1. The summed E-state index contributed by atoms with van der Waals surface area (Å²) in [5, 5.41) is 0. The van der Waals surface area contributed by atoms with Gasteiger partial charge in [0.15, 0.2) is 0 Å². The zero-order valence-corrected chi connectivity index (χ0v) is 9.17. The molecule has 0 unspecified atom stereocenters. The van der Waals surface area contributed by atoms with Gasteiger partial charge in [-0.1, -0.05) is 60.7 Å². The molecule has 0 atom stereocenters. The fourth-order valence-corrected chi connectivity index (χ4v) is 1.26. The van der Waals surface area contributed by atoms with Crippen LogP contribution in [-0.4, -0.2) is 9.79 Å². The Morgan fingerprint density at radius 1 is 0.600 bits per heavy atom. The highest BCUT2D eigenvalue weighted by molar-refractivity contribution is 7.23. The van der Waals surface area contributed by atoms with Crippen LogP contribution in [0.15, 0.2) is 60.7 Å². The van der Waals surface area contributed by atoms with Gasteiger partial charge in [-0.2, -0.15) is 0 Å². The van der Waals surface area contributed by atoms with E-state index >= 15 is 0 Å². The van der Waals surface area contributed by atoms with Gasteiger partial charge in [-0.15, -0.1) is 0 Å². The smallest absolute Gasteiger partial charge is 0.149 e. The highest BCUT2D eigenvalue weighted by Gasteiger charge is 1.91. The summed E-state index contributed by atoms with van der Waals surface area (Å²) >= 11 is 0. The summed E-state index contributed by atoms with van der Waals surface area (Å²) in [7, 11) is -0.917. The van der Waals surface area contributed by atoms with Gasteiger partial charge in [0.05, 0.1) is 0 Å². The van der Waals surface area contributed by atoms with Crippen molar-refractivity contribution in [2.45, 2.75) is 0 Å². The van der Waals surface area contributed by atoms with Crippen molar-refractivity contribution in [3.05, 3.63) is 60.7 Å². The van der Waals surface area contributed by atoms with Crippen molar-refractivity contribution in [1.29, 1.82) is 0 Å². The van der Waals surface area contributed by atoms with E-state index in [0.29, 0.717) is 0 Å². The van der Waals surface area contributed by atoms with Crippen LogP contribution in [0, 0.1) is 0 Å². The van der Waals surface area contributed by atoms with Crippen LogP contribution in [-0.2, 0) is 0 Å². The van der Waals surface area contributed by atoms with Crippen molar-refractivity contribution in [3.63, 3.8) is 0 Å². The molecule has 0 heterocycles. The van der Waals surface area contributed by atoms with Crippen LogP contribution in [0.25, 0.3) is 11.1 Å². The number of rotatable bonds is 1. The summed E-state index contributed by atoms with van der Waals surface area (Å²) in [6.07, 6.45) is 0. The summed E-state index contributed by atoms with van der Waals surface area (Å²) in [5.74, 6) is 0. The van der Waals surface area contributed by atoms with Crippen molar-refractivity contribution in [3.8, 4) is 11.1 Å². The van der Waals surface area contributed by atoms with Gasteiger partial charge in [-0.05, 0) is 11.1 Å². The quantitative estimate of drug-likeness (QED) is 0.725. The molecule has 0 radical (unpaired) electrons. The average Bonchev–Trinajstić information content (AvgIpc) is 2.32. The Labute approximate surface area is 91.2 Å². The zero-order chi connectivity index (χ0) is 10.9. The van der Waals surface area contributed by atoms with Gasteiger partial charge >= 0.3 is 0 Å². The van der Waals surface area contributed by atoms with Crippen LogP contribution in [0.2, 0.25) is 0 Å². The minimum absolute atomic E-state index is 0.917. The van der Waals surface area contributed by atoms with E-state index in [1.807, 2.05) is 12.1 Å². The van der Waals surface area contributed by atoms with E-state index in [1.165, 1.54) is 11.1 Å². The highest BCUT2D eigenvalue weighted by atomic mass is 31.1. The number of hydrogen-bond donors (Lipinski definition) is 2. The van der Waals surface area contributed by atoms with Gasteiger partial charge in [-0.3, -0.25) is 0 Å². The van der Waals surface area contributed by atoms with Crippen LogP contribution in [0.1, 0.15) is 0 Å². The lowest BCUT2D eigenvalue weighted by Crippen LogP contribution is -1.73. The van der Waals surface area contributed by atoms with Crippen LogP contribution in [0.4, 0.5) is 0 Å². The highest BCUT2D eigenvalue weighted by Crippen LogP contribution is 2.17. The first-order valence-corrected chi connectivity index (χ1v) is 5.41. The molecule has 0 saturated carbocycles. The lowest BCUT2D eigenvalue weighted by Gasteiger charge is -1.98. The van der Waals surface area contributed by atoms with Crippen LogP contribution in [0.3, 0.4) is 0 Å². The average molecular weight is 220 g/mol. The third kappa shape index (κ3) is 4.22. The van der Waals surface area contributed by atoms with E-state index in [1.54, 1.807) is 0 Å². The van der Waals surface area contributed by atoms with Gasteiger partial charge in [0.25, 0.3) is 0 Å². The molecule has 2 nitrogen and oxygen atoms in total. The van der Waals surface area contributed by atoms with Crippen molar-refractivity contribution in [2.75, 3.05) is 0 Å². The van der Waals surface area contributed by atoms with Crippen LogP contribution >= 0.6 is 9.03 Å². The molecule has 0 aliphatic heterocycles. The van der Waals surface area contributed by atoms with Crippen molar-refractivity contribution < 1.29 is 9.79 Å². The molecule has 2 rings (SSSR count). The van der Waals surface area contributed by atoms with E-state index in [2.05, 4.69) is 48.5 Å². The van der Waals surface area contributed by atoms with Crippen LogP contribution < -0.4 is 0 Å². The second-order valence-electron chi connectivity index (χ2n) is 2.83. The first kappa shape index (κ1) is 11.9. The molecule has 2 N–H and O–H groups in total. The van der Waals surface area contributed by atoms with Crippen molar-refractivity contribution in [1.82, 2.24) is 0 Å². The molecule has 0 aromatic heterocycles. The molecule has 0 spiro atoms. The topological polar surface area (TPSA) is 40.5 Å². The molecule has 0 fully saturated rings. The molecule has 0 aliphatic carbocycles. The Morgan fingerprint density at radius 3 is 1.13 bits per heavy atom. The minimum Gasteiger partial charge on any atom is -0.352 e. The summed E-state index contributed by atoms with van der Waals surface area (Å²) < 4.78 is 0. The minimum atomic E-state index is -0.917. The normalized spacial score (nSPS) is 8.93. The fourth-order valence-electron chi connectivity index (χ4n) is 1.26. The Hall–Kier alpha value is -1.21. The van der Waals surface area contributed by atoms with E-state index in [9.17, 15) is 0 Å². The Kier molecular flexibility index (Phi) is 5.64. The standard InChI is InChI=1S/C12H10.H3O2P/c1-3-7-11(8-4-1)12-9-5-2-6-10-12;1-3-2/h1-10H;1-3H. The maximum absolute atomic E-state index is 7.15. The Morgan fingerprint density at radius 2 is 0.867 bits per heavy atom. The van der Waals surface area contributed by atoms with E-state index < -0.39 is 9.03 Å². The van der Waals surface area contributed by atoms with Crippen molar-refractivity contribution >= 4 is 9.03 Å². The largest absolute Gasteiger partial charge is 0.352 e. The van der Waals surface area contributed by atoms with Gasteiger partial charge in [0, 0.05) is 0 Å². The van der Waals surface area contributed by atoms with Gasteiger partial charge in [0.1, 0.15) is 9.03 Å². The molecule has 0 saturated heterocycles. The van der Waals surface area contributed by atoms with E-state index in [-0.39, 0.29) is 0 Å². The Bertz CT molecular complexity index is 324. The predicted octanol–water partition coefficient (Wildman–Crippen LogP) is 2.83. The molecule has 3 heteroatoms. The predicted molar refractivity (Wildman–Crippen MR) is 64.6 cm³/mol. The fraction of sp³-hybridized carbons (Fsp3) is 0. The maximum atomic E-state index is 7.15.